The summed E-state index contributed by atoms with van der Waals surface area (Å²) in [6.07, 6.45) is 1.56. The van der Waals surface area contributed by atoms with Gasteiger partial charge < -0.3 is 10.2 Å². The van der Waals surface area contributed by atoms with Gasteiger partial charge in [0.2, 0.25) is 0 Å². The lowest BCUT2D eigenvalue weighted by Gasteiger charge is -2.36. The fraction of sp³-hybridized carbons (Fsp3) is 0.217. The molecule has 6 heteroatoms. The predicted molar refractivity (Wildman–Crippen MR) is 118 cm³/mol. The number of carbonyl (C=O) groups excluding carboxylic acids is 1. The summed E-state index contributed by atoms with van der Waals surface area (Å²) < 4.78 is 0. The van der Waals surface area contributed by atoms with Crippen molar-refractivity contribution in [2.45, 2.75) is 6.54 Å². The SMILES string of the molecule is O=C(Nc1ccc(N2CCN(Cc3ccccc3)CC2)cc1)c1cccnc1Cl. The van der Waals surface area contributed by atoms with E-state index in [4.69, 9.17) is 11.6 Å². The summed E-state index contributed by atoms with van der Waals surface area (Å²) in [5.74, 6) is -0.259. The van der Waals surface area contributed by atoms with E-state index >= 15 is 0 Å². The Morgan fingerprint density at radius 2 is 1.66 bits per heavy atom. The number of carbonyl (C=O) groups is 1. The largest absolute Gasteiger partial charge is 0.369 e. The molecule has 0 radical (unpaired) electrons. The van der Waals surface area contributed by atoms with E-state index < -0.39 is 0 Å². The van der Waals surface area contributed by atoms with Crippen LogP contribution in [0.15, 0.2) is 72.9 Å². The molecule has 1 amide bonds. The van der Waals surface area contributed by atoms with Crippen LogP contribution in [0.3, 0.4) is 0 Å². The van der Waals surface area contributed by atoms with Gasteiger partial charge in [0, 0.05) is 50.3 Å². The van der Waals surface area contributed by atoms with Crippen LogP contribution in [0.25, 0.3) is 0 Å². The highest BCUT2D eigenvalue weighted by Gasteiger charge is 2.17. The van der Waals surface area contributed by atoms with Gasteiger partial charge in [0.25, 0.3) is 5.91 Å². The van der Waals surface area contributed by atoms with Crippen LogP contribution in [0.2, 0.25) is 5.15 Å². The van der Waals surface area contributed by atoms with Crippen LogP contribution >= 0.6 is 11.6 Å². The van der Waals surface area contributed by atoms with Crippen molar-refractivity contribution in [3.8, 4) is 0 Å². The Hall–Kier alpha value is -2.89. The zero-order valence-electron chi connectivity index (χ0n) is 16.1. The summed E-state index contributed by atoms with van der Waals surface area (Å²) in [5, 5.41) is 3.08. The molecular formula is C23H23ClN4O. The highest BCUT2D eigenvalue weighted by molar-refractivity contribution is 6.33. The van der Waals surface area contributed by atoms with Gasteiger partial charge in [-0.25, -0.2) is 4.98 Å². The molecule has 0 atom stereocenters. The Kier molecular flexibility index (Phi) is 6.08. The van der Waals surface area contributed by atoms with Crippen molar-refractivity contribution < 1.29 is 4.79 Å². The van der Waals surface area contributed by atoms with Gasteiger partial charge in [0.15, 0.2) is 0 Å². The molecule has 1 N–H and O–H groups in total. The fourth-order valence-electron chi connectivity index (χ4n) is 3.52. The number of nitrogens with zero attached hydrogens (tertiary/aromatic N) is 3. The molecular weight excluding hydrogens is 384 g/mol. The van der Waals surface area contributed by atoms with E-state index in [9.17, 15) is 4.79 Å². The first-order valence-electron chi connectivity index (χ1n) is 9.72. The van der Waals surface area contributed by atoms with Crippen molar-refractivity contribution in [1.82, 2.24) is 9.88 Å². The minimum Gasteiger partial charge on any atom is -0.369 e. The Balaban J connectivity index is 1.32. The van der Waals surface area contributed by atoms with Crippen LogP contribution in [0, 0.1) is 0 Å². The van der Waals surface area contributed by atoms with Gasteiger partial charge in [-0.05, 0) is 42.0 Å². The van der Waals surface area contributed by atoms with Crippen LogP contribution in [0.4, 0.5) is 11.4 Å². The molecule has 3 aromatic rings. The van der Waals surface area contributed by atoms with Gasteiger partial charge >= 0.3 is 0 Å². The maximum atomic E-state index is 12.4. The first-order valence-corrected chi connectivity index (χ1v) is 10.1. The quantitative estimate of drug-likeness (QED) is 0.641. The minimum absolute atomic E-state index is 0.204. The third-order valence-electron chi connectivity index (χ3n) is 5.12. The molecule has 1 aromatic heterocycles. The van der Waals surface area contributed by atoms with Gasteiger partial charge in [-0.15, -0.1) is 0 Å². The topological polar surface area (TPSA) is 48.5 Å². The number of pyridine rings is 1. The second-order valence-electron chi connectivity index (χ2n) is 7.09. The number of rotatable bonds is 5. The van der Waals surface area contributed by atoms with Crippen LogP contribution in [-0.2, 0) is 6.54 Å². The predicted octanol–water partition coefficient (Wildman–Crippen LogP) is 4.31. The number of piperazine rings is 1. The molecule has 1 aliphatic heterocycles. The summed E-state index contributed by atoms with van der Waals surface area (Å²) in [4.78, 5) is 21.2. The second kappa shape index (κ2) is 9.07. The van der Waals surface area contributed by atoms with Crippen molar-refractivity contribution in [3.63, 3.8) is 0 Å². The van der Waals surface area contributed by atoms with Crippen LogP contribution in [0.1, 0.15) is 15.9 Å². The third kappa shape index (κ3) is 4.94. The van der Waals surface area contributed by atoms with Crippen molar-refractivity contribution in [2.24, 2.45) is 0 Å². The lowest BCUT2D eigenvalue weighted by molar-refractivity contribution is 0.102. The second-order valence-corrected chi connectivity index (χ2v) is 7.45. The molecule has 148 valence electrons. The molecule has 2 aromatic carbocycles. The zero-order valence-corrected chi connectivity index (χ0v) is 16.8. The van der Waals surface area contributed by atoms with E-state index in [2.05, 4.69) is 50.4 Å². The molecule has 0 unspecified atom stereocenters. The van der Waals surface area contributed by atoms with Gasteiger partial charge in [-0.2, -0.15) is 0 Å². The highest BCUT2D eigenvalue weighted by Crippen LogP contribution is 2.21. The van der Waals surface area contributed by atoms with Gasteiger partial charge in [-0.1, -0.05) is 41.9 Å². The molecule has 1 saturated heterocycles. The number of anilines is 2. The molecule has 29 heavy (non-hydrogen) atoms. The Bertz CT molecular complexity index is 954. The molecule has 0 aliphatic carbocycles. The Labute approximate surface area is 175 Å². The van der Waals surface area contributed by atoms with Crippen LogP contribution < -0.4 is 10.2 Å². The molecule has 0 spiro atoms. The highest BCUT2D eigenvalue weighted by atomic mass is 35.5. The number of hydrogen-bond acceptors (Lipinski definition) is 4. The van der Waals surface area contributed by atoms with Gasteiger partial charge in [-0.3, -0.25) is 9.69 Å². The summed E-state index contributed by atoms with van der Waals surface area (Å²) in [7, 11) is 0. The summed E-state index contributed by atoms with van der Waals surface area (Å²) in [6, 6.07) is 21.9. The third-order valence-corrected chi connectivity index (χ3v) is 5.42. The average molecular weight is 407 g/mol. The number of nitrogens with one attached hydrogen (secondary N) is 1. The number of benzene rings is 2. The summed E-state index contributed by atoms with van der Waals surface area (Å²) >= 11 is 5.99. The Morgan fingerprint density at radius 3 is 2.34 bits per heavy atom. The van der Waals surface area contributed by atoms with Crippen molar-refractivity contribution in [1.29, 1.82) is 0 Å². The molecule has 4 rings (SSSR count). The van der Waals surface area contributed by atoms with E-state index in [0.29, 0.717) is 5.56 Å². The van der Waals surface area contributed by atoms with E-state index in [1.807, 2.05) is 24.3 Å². The standard InChI is InChI=1S/C23H23ClN4O/c24-22-21(7-4-12-25-22)23(29)26-19-8-10-20(11-9-19)28-15-13-27(14-16-28)17-18-5-2-1-3-6-18/h1-12H,13-17H2,(H,26,29). The number of aromatic nitrogens is 1. The maximum absolute atomic E-state index is 12.4. The molecule has 2 heterocycles. The average Bonchev–Trinajstić information content (AvgIpc) is 2.76. The first-order chi connectivity index (χ1) is 14.2. The summed E-state index contributed by atoms with van der Waals surface area (Å²) in [6.45, 7) is 5.05. The molecule has 0 saturated carbocycles. The Morgan fingerprint density at radius 1 is 0.931 bits per heavy atom. The monoisotopic (exact) mass is 406 g/mol. The zero-order chi connectivity index (χ0) is 20.1. The smallest absolute Gasteiger partial charge is 0.258 e. The van der Waals surface area contributed by atoms with Crippen molar-refractivity contribution in [2.75, 3.05) is 36.4 Å². The number of amides is 1. The number of halogens is 1. The molecule has 1 fully saturated rings. The van der Waals surface area contributed by atoms with Crippen molar-refractivity contribution >= 4 is 28.9 Å². The lowest BCUT2D eigenvalue weighted by atomic mass is 10.2. The minimum atomic E-state index is -0.259. The van der Waals surface area contributed by atoms with Crippen LogP contribution in [-0.4, -0.2) is 42.0 Å². The maximum Gasteiger partial charge on any atom is 0.258 e. The lowest BCUT2D eigenvalue weighted by Crippen LogP contribution is -2.45. The van der Waals surface area contributed by atoms with E-state index in [-0.39, 0.29) is 11.1 Å². The molecule has 1 aliphatic rings. The summed E-state index contributed by atoms with van der Waals surface area (Å²) in [5.41, 5.74) is 3.63. The van der Waals surface area contributed by atoms with Crippen LogP contribution in [0.5, 0.6) is 0 Å². The van der Waals surface area contributed by atoms with Crippen molar-refractivity contribution in [3.05, 3.63) is 89.2 Å². The van der Waals surface area contributed by atoms with Gasteiger partial charge in [0.1, 0.15) is 5.15 Å². The van der Waals surface area contributed by atoms with E-state index in [0.717, 1.165) is 38.4 Å². The normalized spacial score (nSPS) is 14.6. The first kappa shape index (κ1) is 19.4. The molecule has 5 nitrogen and oxygen atoms in total. The fourth-order valence-corrected chi connectivity index (χ4v) is 3.72. The van der Waals surface area contributed by atoms with E-state index in [1.54, 1.807) is 18.3 Å². The number of hydrogen-bond donors (Lipinski definition) is 1. The van der Waals surface area contributed by atoms with Gasteiger partial charge in [0.05, 0.1) is 5.56 Å². The van der Waals surface area contributed by atoms with E-state index in [1.165, 1.54) is 11.3 Å². The molecule has 0 bridgehead atoms.